The highest BCUT2D eigenvalue weighted by molar-refractivity contribution is 6.58. The van der Waals surface area contributed by atoms with Gasteiger partial charge in [-0.3, -0.25) is 0 Å². The number of hydrogen-bond donors (Lipinski definition) is 0. The van der Waals surface area contributed by atoms with Crippen LogP contribution in [-0.2, 0) is 0 Å². The monoisotopic (exact) mass is 174 g/mol. The van der Waals surface area contributed by atoms with Crippen LogP contribution in [0, 0.1) is 0 Å². The number of hydrogen-bond acceptors (Lipinski definition) is 0. The minimum Gasteiger partial charge on any atom is -0.0973 e. The van der Waals surface area contributed by atoms with E-state index in [0.29, 0.717) is 0 Å². The van der Waals surface area contributed by atoms with Crippen molar-refractivity contribution in [2.45, 2.75) is 19.8 Å². The van der Waals surface area contributed by atoms with E-state index < -0.39 is 0 Å². The fourth-order valence-corrected chi connectivity index (χ4v) is 1.80. The Labute approximate surface area is 77.1 Å². The number of unbranched alkanes of at least 4 members (excludes halogenated alkanes) is 1. The first-order valence-corrected chi connectivity index (χ1v) is 5.48. The highest BCUT2D eigenvalue weighted by Gasteiger charge is 1.86. The molecule has 0 spiro atoms. The van der Waals surface area contributed by atoms with Crippen LogP contribution in [0.25, 0.3) is 0 Å². The molecule has 0 amide bonds. The predicted molar refractivity (Wildman–Crippen MR) is 55.9 cm³/mol. The molecule has 1 heteroatoms. The van der Waals surface area contributed by atoms with Gasteiger partial charge in [-0.25, -0.2) is 0 Å². The van der Waals surface area contributed by atoms with Gasteiger partial charge in [-0.2, -0.15) is 0 Å². The molecule has 0 saturated heterocycles. The SMILES string of the molecule is CCC/C=C/[Si]c1ccccc1. The van der Waals surface area contributed by atoms with Crippen LogP contribution in [0.2, 0.25) is 0 Å². The van der Waals surface area contributed by atoms with Gasteiger partial charge in [0.15, 0.2) is 0 Å². The van der Waals surface area contributed by atoms with Crippen LogP contribution in [0.4, 0.5) is 0 Å². The topological polar surface area (TPSA) is 0 Å². The fourth-order valence-electron chi connectivity index (χ4n) is 0.940. The maximum absolute atomic E-state index is 2.28. The largest absolute Gasteiger partial charge is 0.111 e. The van der Waals surface area contributed by atoms with Crippen molar-refractivity contribution in [2.24, 2.45) is 0 Å². The maximum Gasteiger partial charge on any atom is 0.111 e. The highest BCUT2D eigenvalue weighted by Crippen LogP contribution is 1.87. The lowest BCUT2D eigenvalue weighted by atomic mass is 10.3. The molecule has 0 saturated carbocycles. The molecule has 0 fully saturated rings. The van der Waals surface area contributed by atoms with Gasteiger partial charge in [-0.05, 0) is 6.42 Å². The number of allylic oxidation sites excluding steroid dienone is 1. The third-order valence-electron chi connectivity index (χ3n) is 1.60. The molecule has 0 heterocycles. The van der Waals surface area contributed by atoms with Gasteiger partial charge in [0.25, 0.3) is 0 Å². The Balaban J connectivity index is 2.33. The summed E-state index contributed by atoms with van der Waals surface area (Å²) in [6.45, 7) is 2.20. The van der Waals surface area contributed by atoms with Crippen molar-refractivity contribution in [2.75, 3.05) is 0 Å². The van der Waals surface area contributed by atoms with E-state index >= 15 is 0 Å². The Bertz CT molecular complexity index is 226. The van der Waals surface area contributed by atoms with Crippen LogP contribution in [0.5, 0.6) is 0 Å². The van der Waals surface area contributed by atoms with Crippen molar-refractivity contribution < 1.29 is 0 Å². The first-order valence-electron chi connectivity index (χ1n) is 4.40. The molecule has 0 aromatic heterocycles. The summed E-state index contributed by atoms with van der Waals surface area (Å²) in [5, 5.41) is 1.42. The standard InChI is InChI=1S/C11H14Si/c1-2-3-7-10-12-11-8-5-4-6-9-11/h4-10H,2-3H2,1H3/b10-7+. The molecule has 1 rings (SSSR count). The van der Waals surface area contributed by atoms with E-state index in [4.69, 9.17) is 0 Å². The maximum atomic E-state index is 2.28. The average Bonchev–Trinajstić information content (AvgIpc) is 2.14. The molecule has 0 aliphatic rings. The summed E-state index contributed by atoms with van der Waals surface area (Å²) in [5.74, 6) is 0. The molecule has 1 aromatic carbocycles. The molecular weight excluding hydrogens is 160 g/mol. The first-order chi connectivity index (χ1) is 5.93. The van der Waals surface area contributed by atoms with Crippen LogP contribution in [0.3, 0.4) is 0 Å². The molecule has 62 valence electrons. The van der Waals surface area contributed by atoms with Crippen LogP contribution in [0.1, 0.15) is 19.8 Å². The van der Waals surface area contributed by atoms with Crippen molar-refractivity contribution in [3.63, 3.8) is 0 Å². The van der Waals surface area contributed by atoms with Gasteiger partial charge in [-0.1, -0.05) is 60.6 Å². The van der Waals surface area contributed by atoms with E-state index in [1.54, 1.807) is 0 Å². The molecule has 0 unspecified atom stereocenters. The normalized spacial score (nSPS) is 10.8. The van der Waals surface area contributed by atoms with Crippen LogP contribution in [0.15, 0.2) is 42.1 Å². The molecule has 2 radical (unpaired) electrons. The summed E-state index contributed by atoms with van der Waals surface area (Å²) >= 11 is 0. The summed E-state index contributed by atoms with van der Waals surface area (Å²) in [5.41, 5.74) is 2.28. The van der Waals surface area contributed by atoms with Crippen LogP contribution < -0.4 is 5.19 Å². The lowest BCUT2D eigenvalue weighted by Gasteiger charge is -1.91. The van der Waals surface area contributed by atoms with Gasteiger partial charge in [0.05, 0.1) is 0 Å². The second-order valence-electron chi connectivity index (χ2n) is 2.70. The van der Waals surface area contributed by atoms with Crippen LogP contribution >= 0.6 is 0 Å². The van der Waals surface area contributed by atoms with Crippen molar-refractivity contribution in [3.8, 4) is 0 Å². The lowest BCUT2D eigenvalue weighted by Crippen LogP contribution is -2.09. The zero-order valence-corrected chi connectivity index (χ0v) is 8.46. The van der Waals surface area contributed by atoms with E-state index in [0.717, 1.165) is 9.52 Å². The Morgan fingerprint density at radius 3 is 2.67 bits per heavy atom. The summed E-state index contributed by atoms with van der Waals surface area (Å²) in [6, 6.07) is 10.6. The van der Waals surface area contributed by atoms with Gasteiger partial charge >= 0.3 is 0 Å². The van der Waals surface area contributed by atoms with Gasteiger partial charge < -0.3 is 0 Å². The van der Waals surface area contributed by atoms with Crippen molar-refractivity contribution in [3.05, 3.63) is 42.1 Å². The third kappa shape index (κ3) is 3.53. The summed E-state index contributed by atoms with van der Waals surface area (Å²) in [6.07, 6.45) is 4.72. The van der Waals surface area contributed by atoms with E-state index in [1.165, 1.54) is 18.0 Å². The van der Waals surface area contributed by atoms with Gasteiger partial charge in [0.1, 0.15) is 9.52 Å². The van der Waals surface area contributed by atoms with Crippen molar-refractivity contribution >= 4 is 14.7 Å². The smallest absolute Gasteiger partial charge is 0.0973 e. The molecule has 0 N–H and O–H groups in total. The van der Waals surface area contributed by atoms with Crippen molar-refractivity contribution in [1.82, 2.24) is 0 Å². The molecule has 0 aliphatic carbocycles. The molecule has 1 aromatic rings. The van der Waals surface area contributed by atoms with Crippen molar-refractivity contribution in [1.29, 1.82) is 0 Å². The highest BCUT2D eigenvalue weighted by atomic mass is 28.2. The average molecular weight is 174 g/mol. The summed E-state index contributed by atoms with van der Waals surface area (Å²) in [4.78, 5) is 0. The fraction of sp³-hybridized carbons (Fsp3) is 0.273. The number of rotatable bonds is 4. The molecule has 0 nitrogen and oxygen atoms in total. The van der Waals surface area contributed by atoms with E-state index in [9.17, 15) is 0 Å². The zero-order chi connectivity index (χ0) is 8.65. The molecule has 0 atom stereocenters. The molecule has 12 heavy (non-hydrogen) atoms. The van der Waals surface area contributed by atoms with E-state index in [2.05, 4.69) is 49.0 Å². The minimum absolute atomic E-state index is 0.834. The zero-order valence-electron chi connectivity index (χ0n) is 7.46. The Morgan fingerprint density at radius 1 is 1.25 bits per heavy atom. The minimum atomic E-state index is 0.834. The lowest BCUT2D eigenvalue weighted by molar-refractivity contribution is 0.960. The van der Waals surface area contributed by atoms with Crippen LogP contribution in [-0.4, -0.2) is 9.52 Å². The van der Waals surface area contributed by atoms with E-state index in [1.807, 2.05) is 0 Å². The Morgan fingerprint density at radius 2 is 2.00 bits per heavy atom. The summed E-state index contributed by atoms with van der Waals surface area (Å²) in [7, 11) is 0.834. The first kappa shape index (κ1) is 9.27. The third-order valence-corrected chi connectivity index (χ3v) is 2.67. The second kappa shape index (κ2) is 5.78. The molecular formula is C11H14Si. The molecule has 0 bridgehead atoms. The predicted octanol–water partition coefficient (Wildman–Crippen LogP) is 2.33. The molecule has 0 aliphatic heterocycles. The van der Waals surface area contributed by atoms with Gasteiger partial charge in [0, 0.05) is 0 Å². The quantitative estimate of drug-likeness (QED) is 0.615. The van der Waals surface area contributed by atoms with Gasteiger partial charge in [-0.15, -0.1) is 0 Å². The Kier molecular flexibility index (Phi) is 4.46. The number of benzene rings is 1. The summed E-state index contributed by atoms with van der Waals surface area (Å²) < 4.78 is 0. The van der Waals surface area contributed by atoms with Gasteiger partial charge in [0.2, 0.25) is 0 Å². The van der Waals surface area contributed by atoms with E-state index in [-0.39, 0.29) is 0 Å². The Hall–Kier alpha value is -0.823. The second-order valence-corrected chi connectivity index (χ2v) is 3.90.